The number of halogens is 3. The summed E-state index contributed by atoms with van der Waals surface area (Å²) in [5.41, 5.74) is -0.485. The largest absolute Gasteiger partial charge is 0.296 e. The van der Waals surface area contributed by atoms with Gasteiger partial charge in [-0.25, -0.2) is 18.2 Å². The van der Waals surface area contributed by atoms with Gasteiger partial charge in [0, 0.05) is 5.38 Å². The van der Waals surface area contributed by atoms with Crippen LogP contribution in [0.5, 0.6) is 0 Å². The number of hydrogen-bond acceptors (Lipinski definition) is 3. The van der Waals surface area contributed by atoms with Gasteiger partial charge in [-0.2, -0.15) is 0 Å². The molecule has 0 unspecified atom stereocenters. The van der Waals surface area contributed by atoms with Gasteiger partial charge in [-0.1, -0.05) is 0 Å². The van der Waals surface area contributed by atoms with Gasteiger partial charge in [-0.3, -0.25) is 4.79 Å². The first-order valence-corrected chi connectivity index (χ1v) is 5.06. The average Bonchev–Trinajstić information content (AvgIpc) is 2.73. The fourth-order valence-corrected chi connectivity index (χ4v) is 1.98. The smallest absolute Gasteiger partial charge is 0.172 e. The highest BCUT2D eigenvalue weighted by Crippen LogP contribution is 2.29. The molecule has 0 saturated heterocycles. The SMILES string of the molecule is O=Cc1csc(-c2c(F)ccc(F)c2F)n1. The van der Waals surface area contributed by atoms with Crippen molar-refractivity contribution in [3.05, 3.63) is 40.7 Å². The van der Waals surface area contributed by atoms with E-state index in [1.165, 1.54) is 5.38 Å². The third kappa shape index (κ3) is 1.71. The second kappa shape index (κ2) is 4.05. The zero-order valence-electron chi connectivity index (χ0n) is 7.71. The van der Waals surface area contributed by atoms with Gasteiger partial charge < -0.3 is 0 Å². The molecular weight excluding hydrogens is 239 g/mol. The van der Waals surface area contributed by atoms with Gasteiger partial charge in [0.1, 0.15) is 16.5 Å². The first kappa shape index (κ1) is 10.8. The first-order valence-electron chi connectivity index (χ1n) is 4.18. The van der Waals surface area contributed by atoms with Crippen molar-refractivity contribution in [3.63, 3.8) is 0 Å². The Bertz CT molecular complexity index is 553. The van der Waals surface area contributed by atoms with Crippen LogP contribution in [0.2, 0.25) is 0 Å². The van der Waals surface area contributed by atoms with Crippen LogP contribution in [0.3, 0.4) is 0 Å². The van der Waals surface area contributed by atoms with Crippen LogP contribution < -0.4 is 0 Å². The maximum Gasteiger partial charge on any atom is 0.172 e. The summed E-state index contributed by atoms with van der Waals surface area (Å²) in [5, 5.41) is 1.28. The second-order valence-corrected chi connectivity index (χ2v) is 3.77. The van der Waals surface area contributed by atoms with E-state index in [1.807, 2.05) is 0 Å². The van der Waals surface area contributed by atoms with E-state index in [1.54, 1.807) is 0 Å². The van der Waals surface area contributed by atoms with Crippen LogP contribution in [0.25, 0.3) is 10.6 Å². The Labute approximate surface area is 92.4 Å². The summed E-state index contributed by atoms with van der Waals surface area (Å²) in [4.78, 5) is 14.0. The summed E-state index contributed by atoms with van der Waals surface area (Å²) < 4.78 is 39.5. The molecule has 0 bridgehead atoms. The number of rotatable bonds is 2. The third-order valence-electron chi connectivity index (χ3n) is 1.90. The Balaban J connectivity index is 2.63. The zero-order valence-corrected chi connectivity index (χ0v) is 8.52. The van der Waals surface area contributed by atoms with Crippen molar-refractivity contribution < 1.29 is 18.0 Å². The highest BCUT2D eigenvalue weighted by Gasteiger charge is 2.18. The van der Waals surface area contributed by atoms with Crippen LogP contribution in [0, 0.1) is 17.5 Å². The van der Waals surface area contributed by atoms with E-state index in [0.717, 1.165) is 17.4 Å². The lowest BCUT2D eigenvalue weighted by Crippen LogP contribution is -1.94. The molecule has 0 saturated carbocycles. The Morgan fingerprint density at radius 1 is 1.19 bits per heavy atom. The van der Waals surface area contributed by atoms with Gasteiger partial charge in [0.2, 0.25) is 0 Å². The van der Waals surface area contributed by atoms with E-state index < -0.39 is 23.0 Å². The van der Waals surface area contributed by atoms with Gasteiger partial charge in [0.15, 0.2) is 17.9 Å². The number of thiazole rings is 1. The second-order valence-electron chi connectivity index (χ2n) is 2.91. The Hall–Kier alpha value is -1.69. The molecule has 16 heavy (non-hydrogen) atoms. The predicted octanol–water partition coefficient (Wildman–Crippen LogP) is 3.04. The molecule has 0 N–H and O–H groups in total. The Morgan fingerprint density at radius 3 is 2.50 bits per heavy atom. The van der Waals surface area contributed by atoms with E-state index in [9.17, 15) is 18.0 Å². The van der Waals surface area contributed by atoms with Gasteiger partial charge in [0.05, 0.1) is 5.56 Å². The minimum absolute atomic E-state index is 0.0584. The van der Waals surface area contributed by atoms with Crippen LogP contribution >= 0.6 is 11.3 Å². The third-order valence-corrected chi connectivity index (χ3v) is 2.78. The molecule has 6 heteroatoms. The molecule has 2 rings (SSSR count). The number of hydrogen-bond donors (Lipinski definition) is 0. The molecule has 0 aliphatic carbocycles. The number of aldehydes is 1. The maximum absolute atomic E-state index is 13.3. The number of aromatic nitrogens is 1. The van der Waals surface area contributed by atoms with E-state index in [2.05, 4.69) is 4.98 Å². The summed E-state index contributed by atoms with van der Waals surface area (Å²) >= 11 is 0.875. The van der Waals surface area contributed by atoms with E-state index in [-0.39, 0.29) is 10.7 Å². The van der Waals surface area contributed by atoms with Crippen molar-refractivity contribution >= 4 is 17.6 Å². The molecule has 0 amide bonds. The quantitative estimate of drug-likeness (QED) is 0.599. The van der Waals surface area contributed by atoms with Crippen LogP contribution in [0.4, 0.5) is 13.2 Å². The molecule has 2 aromatic rings. The molecule has 0 fully saturated rings. The molecule has 0 aliphatic rings. The normalized spacial score (nSPS) is 10.4. The maximum atomic E-state index is 13.3. The molecule has 1 aromatic heterocycles. The fraction of sp³-hybridized carbons (Fsp3) is 0. The first-order chi connectivity index (χ1) is 7.63. The van der Waals surface area contributed by atoms with Crippen molar-refractivity contribution in [1.29, 1.82) is 0 Å². The number of carbonyl (C=O) groups excluding carboxylic acids is 1. The predicted molar refractivity (Wildman–Crippen MR) is 52.8 cm³/mol. The highest BCUT2D eigenvalue weighted by molar-refractivity contribution is 7.13. The summed E-state index contributed by atoms with van der Waals surface area (Å²) in [5.74, 6) is -3.36. The van der Waals surface area contributed by atoms with Crippen molar-refractivity contribution in [2.24, 2.45) is 0 Å². The molecule has 0 aliphatic heterocycles. The molecule has 1 heterocycles. The molecule has 0 atom stereocenters. The molecule has 82 valence electrons. The molecule has 0 radical (unpaired) electrons. The van der Waals surface area contributed by atoms with E-state index >= 15 is 0 Å². The fourth-order valence-electron chi connectivity index (χ4n) is 1.18. The van der Waals surface area contributed by atoms with Gasteiger partial charge in [-0.15, -0.1) is 11.3 Å². The minimum atomic E-state index is -1.30. The minimum Gasteiger partial charge on any atom is -0.296 e. The van der Waals surface area contributed by atoms with Crippen LogP contribution in [0.15, 0.2) is 17.5 Å². The topological polar surface area (TPSA) is 30.0 Å². The van der Waals surface area contributed by atoms with E-state index in [0.29, 0.717) is 12.4 Å². The summed E-state index contributed by atoms with van der Waals surface area (Å²) in [6, 6.07) is 1.51. The summed E-state index contributed by atoms with van der Waals surface area (Å²) in [6.07, 6.45) is 0.453. The van der Waals surface area contributed by atoms with Crippen molar-refractivity contribution in [1.82, 2.24) is 4.98 Å². The van der Waals surface area contributed by atoms with Gasteiger partial charge in [0.25, 0.3) is 0 Å². The number of benzene rings is 1. The molecule has 0 spiro atoms. The van der Waals surface area contributed by atoms with Crippen LogP contribution in [0.1, 0.15) is 10.5 Å². The lowest BCUT2D eigenvalue weighted by molar-refractivity contribution is 0.111. The number of carbonyl (C=O) groups is 1. The Kier molecular flexibility index (Phi) is 2.74. The zero-order chi connectivity index (χ0) is 11.7. The molecule has 2 nitrogen and oxygen atoms in total. The average molecular weight is 243 g/mol. The standard InChI is InChI=1S/C10H4F3NOS/c11-6-1-2-7(12)9(13)8(6)10-14-5(3-15)4-16-10/h1-4H. The lowest BCUT2D eigenvalue weighted by atomic mass is 10.2. The van der Waals surface area contributed by atoms with Crippen molar-refractivity contribution in [3.8, 4) is 10.6 Å². The lowest BCUT2D eigenvalue weighted by Gasteiger charge is -2.01. The monoisotopic (exact) mass is 243 g/mol. The summed E-state index contributed by atoms with van der Waals surface area (Å²) in [7, 11) is 0. The number of nitrogens with zero attached hydrogens (tertiary/aromatic N) is 1. The van der Waals surface area contributed by atoms with Crippen LogP contribution in [-0.4, -0.2) is 11.3 Å². The van der Waals surface area contributed by atoms with Gasteiger partial charge in [-0.05, 0) is 12.1 Å². The van der Waals surface area contributed by atoms with Crippen molar-refractivity contribution in [2.75, 3.05) is 0 Å². The Morgan fingerprint density at radius 2 is 1.88 bits per heavy atom. The molecule has 1 aromatic carbocycles. The van der Waals surface area contributed by atoms with Crippen LogP contribution in [-0.2, 0) is 0 Å². The molecular formula is C10H4F3NOS. The van der Waals surface area contributed by atoms with E-state index in [4.69, 9.17) is 0 Å². The van der Waals surface area contributed by atoms with Crippen molar-refractivity contribution in [2.45, 2.75) is 0 Å². The summed E-state index contributed by atoms with van der Waals surface area (Å²) in [6.45, 7) is 0. The highest BCUT2D eigenvalue weighted by atomic mass is 32.1. The van der Waals surface area contributed by atoms with Gasteiger partial charge >= 0.3 is 0 Å².